The van der Waals surface area contributed by atoms with E-state index in [-0.39, 0.29) is 30.5 Å². The molecule has 1 fully saturated rings. The van der Waals surface area contributed by atoms with Crippen molar-refractivity contribution in [3.05, 3.63) is 71.5 Å². The number of nitrogens with two attached hydrogens (primary N) is 1. The smallest absolute Gasteiger partial charge is 0.410 e. The molecule has 2 aromatic carbocycles. The molecule has 0 spiro atoms. The van der Waals surface area contributed by atoms with E-state index in [1.54, 1.807) is 17.0 Å². The Bertz CT molecular complexity index is 676. The maximum Gasteiger partial charge on any atom is 0.410 e. The molecule has 2 unspecified atom stereocenters. The Morgan fingerprint density at radius 1 is 1.17 bits per heavy atom. The van der Waals surface area contributed by atoms with E-state index in [9.17, 15) is 9.18 Å². The van der Waals surface area contributed by atoms with Crippen LogP contribution in [0.1, 0.15) is 23.5 Å². The summed E-state index contributed by atoms with van der Waals surface area (Å²) in [5.74, 6) is -0.127. The van der Waals surface area contributed by atoms with Gasteiger partial charge in [-0.2, -0.15) is 0 Å². The van der Waals surface area contributed by atoms with E-state index < -0.39 is 0 Å². The van der Waals surface area contributed by atoms with Crippen LogP contribution in [0.5, 0.6) is 0 Å². The van der Waals surface area contributed by atoms with Crippen LogP contribution in [0.2, 0.25) is 0 Å². The van der Waals surface area contributed by atoms with Crippen molar-refractivity contribution in [2.75, 3.05) is 13.1 Å². The van der Waals surface area contributed by atoms with Crippen molar-refractivity contribution in [2.24, 2.45) is 5.73 Å². The summed E-state index contributed by atoms with van der Waals surface area (Å²) in [4.78, 5) is 13.8. The largest absolute Gasteiger partial charge is 0.445 e. The molecule has 5 heteroatoms. The molecule has 2 atom stereocenters. The molecule has 1 saturated heterocycles. The summed E-state index contributed by atoms with van der Waals surface area (Å²) in [6.45, 7) is 1.28. The average Bonchev–Trinajstić information content (AvgIpc) is 2.61. The Morgan fingerprint density at radius 2 is 1.88 bits per heavy atom. The zero-order chi connectivity index (χ0) is 16.9. The van der Waals surface area contributed by atoms with Gasteiger partial charge in [-0.05, 0) is 29.7 Å². The van der Waals surface area contributed by atoms with Crippen molar-refractivity contribution in [3.8, 4) is 0 Å². The minimum absolute atomic E-state index is 0.128. The monoisotopic (exact) mass is 328 g/mol. The fraction of sp³-hybridized carbons (Fsp3) is 0.316. The number of carbonyl (C=O) groups excluding carboxylic acids is 1. The first-order valence-corrected chi connectivity index (χ1v) is 8.10. The third-order valence-electron chi connectivity index (χ3n) is 4.42. The molecule has 0 aliphatic carbocycles. The topological polar surface area (TPSA) is 55.6 Å². The third-order valence-corrected chi connectivity index (χ3v) is 4.42. The van der Waals surface area contributed by atoms with E-state index >= 15 is 0 Å². The number of carbonyl (C=O) groups is 1. The fourth-order valence-corrected chi connectivity index (χ4v) is 3.08. The molecule has 0 aromatic heterocycles. The Balaban J connectivity index is 1.54. The number of likely N-dealkylation sites (tertiary alicyclic amines) is 1. The molecule has 126 valence electrons. The average molecular weight is 328 g/mol. The second-order valence-corrected chi connectivity index (χ2v) is 6.10. The molecule has 1 aliphatic rings. The summed E-state index contributed by atoms with van der Waals surface area (Å²) in [5, 5.41) is 0. The van der Waals surface area contributed by atoms with Gasteiger partial charge < -0.3 is 15.4 Å². The van der Waals surface area contributed by atoms with Crippen LogP contribution in [0.3, 0.4) is 0 Å². The van der Waals surface area contributed by atoms with Crippen molar-refractivity contribution in [2.45, 2.75) is 25.0 Å². The van der Waals surface area contributed by atoms with Crippen LogP contribution in [-0.2, 0) is 11.3 Å². The first-order chi connectivity index (χ1) is 11.6. The van der Waals surface area contributed by atoms with Crippen LogP contribution < -0.4 is 5.73 Å². The van der Waals surface area contributed by atoms with Gasteiger partial charge in [-0.1, -0.05) is 42.5 Å². The highest BCUT2D eigenvalue weighted by molar-refractivity contribution is 5.68. The van der Waals surface area contributed by atoms with Crippen molar-refractivity contribution < 1.29 is 13.9 Å². The van der Waals surface area contributed by atoms with E-state index in [2.05, 4.69) is 0 Å². The van der Waals surface area contributed by atoms with Gasteiger partial charge in [-0.25, -0.2) is 9.18 Å². The summed E-state index contributed by atoms with van der Waals surface area (Å²) < 4.78 is 18.4. The number of rotatable bonds is 3. The molecular weight excluding hydrogens is 307 g/mol. The minimum Gasteiger partial charge on any atom is -0.445 e. The molecule has 4 nitrogen and oxygen atoms in total. The molecule has 3 rings (SSSR count). The van der Waals surface area contributed by atoms with Crippen LogP contribution in [0, 0.1) is 5.82 Å². The van der Waals surface area contributed by atoms with Gasteiger partial charge in [0.15, 0.2) is 0 Å². The maximum absolute atomic E-state index is 13.0. The Labute approximate surface area is 141 Å². The summed E-state index contributed by atoms with van der Waals surface area (Å²) in [7, 11) is 0. The first-order valence-electron chi connectivity index (χ1n) is 8.10. The minimum atomic E-state index is -0.341. The summed E-state index contributed by atoms with van der Waals surface area (Å²) in [6.07, 6.45) is 0.402. The molecule has 1 amide bonds. The first kappa shape index (κ1) is 16.5. The lowest BCUT2D eigenvalue weighted by molar-refractivity contribution is 0.0831. The lowest BCUT2D eigenvalue weighted by atomic mass is 9.86. The Hall–Kier alpha value is -2.40. The highest BCUT2D eigenvalue weighted by Gasteiger charge is 2.30. The van der Waals surface area contributed by atoms with Crippen molar-refractivity contribution in [3.63, 3.8) is 0 Å². The second-order valence-electron chi connectivity index (χ2n) is 6.10. The summed E-state index contributed by atoms with van der Waals surface area (Å²) in [6, 6.07) is 15.8. The quantitative estimate of drug-likeness (QED) is 0.941. The predicted octanol–water partition coefficient (Wildman–Crippen LogP) is 3.28. The number of ether oxygens (including phenoxy) is 1. The second kappa shape index (κ2) is 7.45. The van der Waals surface area contributed by atoms with Crippen LogP contribution in [0.4, 0.5) is 9.18 Å². The van der Waals surface area contributed by atoms with E-state index in [0.717, 1.165) is 17.5 Å². The zero-order valence-corrected chi connectivity index (χ0v) is 13.4. The van der Waals surface area contributed by atoms with Gasteiger partial charge in [-0.3, -0.25) is 0 Å². The number of halogens is 1. The highest BCUT2D eigenvalue weighted by atomic mass is 19.1. The fourth-order valence-electron chi connectivity index (χ4n) is 3.08. The molecule has 1 heterocycles. The number of amides is 1. The van der Waals surface area contributed by atoms with Crippen LogP contribution in [0.15, 0.2) is 54.6 Å². The number of nitrogens with zero attached hydrogens (tertiary/aromatic N) is 1. The molecular formula is C19H21FN2O2. The number of hydrogen-bond acceptors (Lipinski definition) is 3. The molecule has 0 saturated carbocycles. The summed E-state index contributed by atoms with van der Waals surface area (Å²) in [5.41, 5.74) is 8.21. The number of hydrogen-bond donors (Lipinski definition) is 1. The van der Waals surface area contributed by atoms with E-state index in [4.69, 9.17) is 10.5 Å². The van der Waals surface area contributed by atoms with Gasteiger partial charge in [0.05, 0.1) is 0 Å². The molecule has 1 aliphatic heterocycles. The van der Waals surface area contributed by atoms with Crippen molar-refractivity contribution in [1.82, 2.24) is 4.90 Å². The summed E-state index contributed by atoms with van der Waals surface area (Å²) >= 11 is 0. The van der Waals surface area contributed by atoms with Crippen LogP contribution >= 0.6 is 0 Å². The van der Waals surface area contributed by atoms with Gasteiger partial charge >= 0.3 is 6.09 Å². The normalized spacial score (nSPS) is 20.7. The number of piperidine rings is 1. The van der Waals surface area contributed by atoms with Crippen LogP contribution in [0.25, 0.3) is 0 Å². The van der Waals surface area contributed by atoms with E-state index in [0.29, 0.717) is 13.1 Å². The van der Waals surface area contributed by atoms with Crippen molar-refractivity contribution >= 4 is 6.09 Å². The maximum atomic E-state index is 13.0. The van der Waals surface area contributed by atoms with E-state index in [1.807, 2.05) is 30.3 Å². The van der Waals surface area contributed by atoms with Gasteiger partial charge in [0.1, 0.15) is 12.4 Å². The van der Waals surface area contributed by atoms with Crippen LogP contribution in [-0.4, -0.2) is 30.1 Å². The van der Waals surface area contributed by atoms with Gasteiger partial charge in [0.25, 0.3) is 0 Å². The zero-order valence-electron chi connectivity index (χ0n) is 13.4. The molecule has 0 bridgehead atoms. The molecule has 24 heavy (non-hydrogen) atoms. The highest BCUT2D eigenvalue weighted by Crippen LogP contribution is 2.27. The van der Waals surface area contributed by atoms with Gasteiger partial charge in [0.2, 0.25) is 0 Å². The lowest BCUT2D eigenvalue weighted by Gasteiger charge is -2.36. The lowest BCUT2D eigenvalue weighted by Crippen LogP contribution is -2.49. The van der Waals surface area contributed by atoms with Gasteiger partial charge in [0, 0.05) is 25.0 Å². The molecule has 0 radical (unpaired) electrons. The standard InChI is InChI=1S/C19H21FN2O2/c20-16-8-6-15(7-9-16)17-10-11-22(12-18(17)21)19(23)24-13-14-4-2-1-3-5-14/h1-9,17-18H,10-13,21H2. The molecule has 2 N–H and O–H groups in total. The number of benzene rings is 2. The van der Waals surface area contributed by atoms with E-state index in [1.165, 1.54) is 12.1 Å². The Morgan fingerprint density at radius 3 is 2.54 bits per heavy atom. The Kier molecular flexibility index (Phi) is 5.11. The third kappa shape index (κ3) is 3.92. The SMILES string of the molecule is NC1CN(C(=O)OCc2ccccc2)CCC1c1ccc(F)cc1. The van der Waals surface area contributed by atoms with Crippen molar-refractivity contribution in [1.29, 1.82) is 0 Å². The predicted molar refractivity (Wildman–Crippen MR) is 89.9 cm³/mol. The van der Waals surface area contributed by atoms with Gasteiger partial charge in [-0.15, -0.1) is 0 Å². The molecule has 2 aromatic rings.